The molecule has 2 aliphatic rings. The second kappa shape index (κ2) is 6.55. The molecule has 0 amide bonds. The second-order valence-corrected chi connectivity index (χ2v) is 7.06. The van der Waals surface area contributed by atoms with Gasteiger partial charge in [0.25, 0.3) is 0 Å². The molecule has 0 aromatic carbocycles. The van der Waals surface area contributed by atoms with Gasteiger partial charge in [0, 0.05) is 23.8 Å². The van der Waals surface area contributed by atoms with Crippen LogP contribution in [0.4, 0.5) is 0 Å². The maximum atomic E-state index is 5.96. The molecule has 4 nitrogen and oxygen atoms in total. The first-order valence-electron chi connectivity index (χ1n) is 8.53. The van der Waals surface area contributed by atoms with Gasteiger partial charge in [-0.2, -0.15) is 0 Å². The first-order chi connectivity index (χ1) is 10.6. The van der Waals surface area contributed by atoms with Gasteiger partial charge < -0.3 is 9.47 Å². The van der Waals surface area contributed by atoms with Crippen LogP contribution >= 0.6 is 0 Å². The van der Waals surface area contributed by atoms with E-state index in [0.717, 1.165) is 19.1 Å². The molecule has 0 unspecified atom stereocenters. The van der Waals surface area contributed by atoms with E-state index in [9.17, 15) is 0 Å². The second-order valence-electron chi connectivity index (χ2n) is 7.06. The van der Waals surface area contributed by atoms with Crippen LogP contribution in [0.1, 0.15) is 45.1 Å². The summed E-state index contributed by atoms with van der Waals surface area (Å²) in [6.45, 7) is 9.09. The van der Waals surface area contributed by atoms with Gasteiger partial charge in [-0.05, 0) is 64.6 Å². The molecule has 122 valence electrons. The molecule has 2 saturated heterocycles. The fourth-order valence-electron chi connectivity index (χ4n) is 3.88. The molecule has 0 radical (unpaired) electrons. The minimum Gasteiger partial charge on any atom is -0.476 e. The molecule has 2 fully saturated rings. The lowest BCUT2D eigenvalue weighted by Gasteiger charge is -2.35. The topological polar surface area (TPSA) is 34.6 Å². The molecule has 0 N–H and O–H groups in total. The van der Waals surface area contributed by atoms with E-state index in [0.29, 0.717) is 12.1 Å². The Hall–Kier alpha value is -1.13. The zero-order valence-electron chi connectivity index (χ0n) is 14.0. The number of fused-ring (bicyclic) bond motifs is 1. The Bertz CT molecular complexity index is 506. The Kier molecular flexibility index (Phi) is 4.69. The molecule has 0 spiro atoms. The van der Waals surface area contributed by atoms with Gasteiger partial charge in [0.1, 0.15) is 6.61 Å². The Labute approximate surface area is 133 Å². The third kappa shape index (κ3) is 3.28. The monoisotopic (exact) mass is 304 g/mol. The standard InChI is InChI=1S/C18H28N2O2/c1-14(2)22-13-18-7-4-10-20(18)16(5-8-18)12-21-17-11-15(3)6-9-19-17/h6,9,11,14,16H,4-5,7-8,10,12-13H2,1-3H3/t16-,18-/m0/s1. The van der Waals surface area contributed by atoms with Crippen LogP contribution in [0.25, 0.3) is 0 Å². The van der Waals surface area contributed by atoms with Crippen molar-refractivity contribution in [3.8, 4) is 5.88 Å². The fraction of sp³-hybridized carbons (Fsp3) is 0.722. The van der Waals surface area contributed by atoms with Crippen molar-refractivity contribution in [1.29, 1.82) is 0 Å². The molecule has 0 saturated carbocycles. The van der Waals surface area contributed by atoms with Crippen molar-refractivity contribution in [2.45, 2.75) is 64.1 Å². The number of pyridine rings is 1. The average Bonchev–Trinajstić information content (AvgIpc) is 3.02. The Morgan fingerprint density at radius 2 is 2.27 bits per heavy atom. The van der Waals surface area contributed by atoms with Gasteiger partial charge in [-0.25, -0.2) is 4.98 Å². The maximum absolute atomic E-state index is 5.96. The number of rotatable bonds is 6. The van der Waals surface area contributed by atoms with Crippen molar-refractivity contribution in [3.63, 3.8) is 0 Å². The normalized spacial score (nSPS) is 28.3. The molecule has 2 atom stereocenters. The lowest BCUT2D eigenvalue weighted by atomic mass is 9.95. The Morgan fingerprint density at radius 1 is 1.41 bits per heavy atom. The molecular weight excluding hydrogens is 276 g/mol. The van der Waals surface area contributed by atoms with Crippen molar-refractivity contribution in [1.82, 2.24) is 9.88 Å². The van der Waals surface area contributed by atoms with E-state index in [2.05, 4.69) is 30.7 Å². The summed E-state index contributed by atoms with van der Waals surface area (Å²) in [5.74, 6) is 0.745. The quantitative estimate of drug-likeness (QED) is 0.808. The van der Waals surface area contributed by atoms with Crippen molar-refractivity contribution in [3.05, 3.63) is 23.9 Å². The van der Waals surface area contributed by atoms with Crippen LogP contribution in [0.5, 0.6) is 5.88 Å². The predicted molar refractivity (Wildman–Crippen MR) is 87.3 cm³/mol. The lowest BCUT2D eigenvalue weighted by Crippen LogP contribution is -2.47. The van der Waals surface area contributed by atoms with Crippen LogP contribution in [0, 0.1) is 6.92 Å². The summed E-state index contributed by atoms with van der Waals surface area (Å²) in [6, 6.07) is 4.51. The maximum Gasteiger partial charge on any atom is 0.213 e. The van der Waals surface area contributed by atoms with Gasteiger partial charge in [-0.1, -0.05) is 0 Å². The predicted octanol–water partition coefficient (Wildman–Crippen LogP) is 3.19. The first-order valence-corrected chi connectivity index (χ1v) is 8.53. The molecule has 1 aromatic rings. The molecular formula is C18H28N2O2. The van der Waals surface area contributed by atoms with Gasteiger partial charge >= 0.3 is 0 Å². The first kappa shape index (κ1) is 15.8. The molecule has 0 aliphatic carbocycles. The average molecular weight is 304 g/mol. The Balaban J connectivity index is 1.59. The van der Waals surface area contributed by atoms with E-state index in [1.54, 1.807) is 0 Å². The number of ether oxygens (including phenoxy) is 2. The number of hydrogen-bond donors (Lipinski definition) is 0. The summed E-state index contributed by atoms with van der Waals surface area (Å²) in [5, 5.41) is 0. The molecule has 3 heterocycles. The van der Waals surface area contributed by atoms with Crippen LogP contribution in [0.15, 0.2) is 18.3 Å². The number of aromatic nitrogens is 1. The third-order valence-corrected chi connectivity index (χ3v) is 5.03. The van der Waals surface area contributed by atoms with Crippen LogP contribution in [-0.4, -0.2) is 47.3 Å². The van der Waals surface area contributed by atoms with Gasteiger partial charge in [0.15, 0.2) is 0 Å². The van der Waals surface area contributed by atoms with Gasteiger partial charge in [0.2, 0.25) is 5.88 Å². The third-order valence-electron chi connectivity index (χ3n) is 5.03. The van der Waals surface area contributed by atoms with Crippen LogP contribution in [0.3, 0.4) is 0 Å². The van der Waals surface area contributed by atoms with Gasteiger partial charge in [0.05, 0.1) is 12.7 Å². The summed E-state index contributed by atoms with van der Waals surface area (Å²) in [4.78, 5) is 6.94. The highest BCUT2D eigenvalue weighted by molar-refractivity contribution is 5.18. The van der Waals surface area contributed by atoms with E-state index in [4.69, 9.17) is 9.47 Å². The zero-order valence-corrected chi connectivity index (χ0v) is 14.0. The van der Waals surface area contributed by atoms with E-state index in [1.807, 2.05) is 18.3 Å². The van der Waals surface area contributed by atoms with Crippen molar-refractivity contribution >= 4 is 0 Å². The number of hydrogen-bond acceptors (Lipinski definition) is 4. The van der Waals surface area contributed by atoms with Crippen LogP contribution < -0.4 is 4.74 Å². The smallest absolute Gasteiger partial charge is 0.213 e. The molecule has 22 heavy (non-hydrogen) atoms. The highest BCUT2D eigenvalue weighted by Gasteiger charge is 2.49. The fourth-order valence-corrected chi connectivity index (χ4v) is 3.88. The van der Waals surface area contributed by atoms with Gasteiger partial charge in [-0.15, -0.1) is 0 Å². The van der Waals surface area contributed by atoms with E-state index >= 15 is 0 Å². The summed E-state index contributed by atoms with van der Waals surface area (Å²) in [6.07, 6.45) is 7.10. The summed E-state index contributed by atoms with van der Waals surface area (Å²) in [7, 11) is 0. The summed E-state index contributed by atoms with van der Waals surface area (Å²) in [5.41, 5.74) is 1.45. The summed E-state index contributed by atoms with van der Waals surface area (Å²) >= 11 is 0. The number of nitrogens with zero attached hydrogens (tertiary/aromatic N) is 2. The van der Waals surface area contributed by atoms with Crippen LogP contribution in [0.2, 0.25) is 0 Å². The molecule has 0 bridgehead atoms. The SMILES string of the molecule is Cc1ccnc(OC[C@@H]2CC[C@]3(COC(C)C)CCCN23)c1. The van der Waals surface area contributed by atoms with E-state index < -0.39 is 0 Å². The number of aryl methyl sites for hydroxylation is 1. The molecule has 2 aliphatic heterocycles. The van der Waals surface area contributed by atoms with E-state index in [-0.39, 0.29) is 5.54 Å². The molecule has 1 aromatic heterocycles. The lowest BCUT2D eigenvalue weighted by molar-refractivity contribution is -0.00911. The zero-order chi connectivity index (χ0) is 15.6. The van der Waals surface area contributed by atoms with Gasteiger partial charge in [-0.3, -0.25) is 4.90 Å². The van der Waals surface area contributed by atoms with Crippen molar-refractivity contribution in [2.75, 3.05) is 19.8 Å². The minimum absolute atomic E-state index is 0.262. The molecule has 3 rings (SSSR count). The van der Waals surface area contributed by atoms with Crippen molar-refractivity contribution in [2.24, 2.45) is 0 Å². The van der Waals surface area contributed by atoms with Crippen molar-refractivity contribution < 1.29 is 9.47 Å². The minimum atomic E-state index is 0.262. The molecule has 4 heteroatoms. The van der Waals surface area contributed by atoms with Crippen LogP contribution in [-0.2, 0) is 4.74 Å². The highest BCUT2D eigenvalue weighted by atomic mass is 16.5. The highest BCUT2D eigenvalue weighted by Crippen LogP contribution is 2.42. The van der Waals surface area contributed by atoms with E-state index in [1.165, 1.54) is 37.8 Å². The summed E-state index contributed by atoms with van der Waals surface area (Å²) < 4.78 is 11.9. The Morgan fingerprint density at radius 3 is 3.05 bits per heavy atom. The largest absolute Gasteiger partial charge is 0.476 e.